The predicted octanol–water partition coefficient (Wildman–Crippen LogP) is 7.10. The molecule has 1 aromatic heterocycles. The van der Waals surface area contributed by atoms with Gasteiger partial charge in [-0.2, -0.15) is 13.2 Å². The first kappa shape index (κ1) is 27.8. The molecule has 3 aromatic rings. The van der Waals surface area contributed by atoms with Crippen molar-refractivity contribution in [1.29, 1.82) is 0 Å². The molecule has 1 aliphatic rings. The molecule has 4 nitrogen and oxygen atoms in total. The molecule has 38 heavy (non-hydrogen) atoms. The highest BCUT2D eigenvalue weighted by Crippen LogP contribution is 2.41. The summed E-state index contributed by atoms with van der Waals surface area (Å²) in [5, 5.41) is 5.08. The Morgan fingerprint density at radius 3 is 2.34 bits per heavy atom. The summed E-state index contributed by atoms with van der Waals surface area (Å²) in [7, 11) is 0. The van der Waals surface area contributed by atoms with E-state index in [4.69, 9.17) is 11.6 Å². The Hall–Kier alpha value is -3.27. The number of alkyl halides is 5. The van der Waals surface area contributed by atoms with Gasteiger partial charge in [0.1, 0.15) is 5.82 Å². The smallest absolute Gasteiger partial charge is 0.337 e. The lowest BCUT2D eigenvalue weighted by Gasteiger charge is -2.36. The molecule has 0 bridgehead atoms. The van der Waals surface area contributed by atoms with Gasteiger partial charge in [-0.15, -0.1) is 0 Å². The molecule has 0 saturated heterocycles. The summed E-state index contributed by atoms with van der Waals surface area (Å²) >= 11 is 6.00. The third-order valence-corrected chi connectivity index (χ3v) is 6.95. The Kier molecular flexibility index (Phi) is 7.92. The van der Waals surface area contributed by atoms with Crippen molar-refractivity contribution < 1.29 is 31.1 Å². The summed E-state index contributed by atoms with van der Waals surface area (Å²) in [6.07, 6.45) is -2.99. The summed E-state index contributed by atoms with van der Waals surface area (Å²) in [6.45, 7) is -0.420. The van der Waals surface area contributed by atoms with Gasteiger partial charge in [-0.1, -0.05) is 48.4 Å². The number of halogens is 7. The van der Waals surface area contributed by atoms with Crippen LogP contribution >= 0.6 is 11.6 Å². The van der Waals surface area contributed by atoms with Crippen molar-refractivity contribution in [2.75, 3.05) is 6.54 Å². The van der Waals surface area contributed by atoms with Crippen molar-refractivity contribution >= 4 is 17.6 Å². The fourth-order valence-electron chi connectivity index (χ4n) is 4.80. The summed E-state index contributed by atoms with van der Waals surface area (Å²) < 4.78 is 84.4. The third kappa shape index (κ3) is 5.90. The molecule has 0 radical (unpaired) electrons. The number of amides is 2. The average Bonchev–Trinajstić information content (AvgIpc) is 2.86. The number of hydrogen-bond donors (Lipinski definition) is 2. The van der Waals surface area contributed by atoms with Gasteiger partial charge < -0.3 is 10.6 Å². The minimum atomic E-state index is -4.86. The number of hydrogen-bond acceptors (Lipinski definition) is 2. The summed E-state index contributed by atoms with van der Waals surface area (Å²) in [6, 6.07) is 10.9. The maximum Gasteiger partial charge on any atom is 0.416 e. The molecule has 2 amide bonds. The maximum atomic E-state index is 14.7. The SMILES string of the molecule is O=C(NCC(c1ccccc1)(c1cc(F)cc(C(F)(F)F)c1)c1ccc(Cl)cn1)NC1CCCCC1(F)F. The molecular formula is C27H24ClF6N3O. The van der Waals surface area contributed by atoms with Crippen LogP contribution in [0.1, 0.15) is 48.1 Å². The minimum absolute atomic E-state index is 0.0851. The standard InChI is InChI=1S/C27H24ClF6N3O/c28-20-9-10-22(35-15-20)25(17-6-2-1-3-7-17,18-12-19(27(32,33)34)14-21(29)13-18)16-36-24(38)37-23-8-4-5-11-26(23,30)31/h1-3,6-7,9-10,12-15,23H,4-5,8,11,16H2,(H2,36,37,38). The van der Waals surface area contributed by atoms with Gasteiger partial charge in [-0.25, -0.2) is 18.0 Å². The molecule has 4 rings (SSSR count). The normalized spacial score (nSPS) is 18.9. The van der Waals surface area contributed by atoms with Crippen LogP contribution in [0.5, 0.6) is 0 Å². The average molecular weight is 556 g/mol. The lowest BCUT2D eigenvalue weighted by atomic mass is 9.71. The van der Waals surface area contributed by atoms with Crippen molar-refractivity contribution in [3.05, 3.63) is 100 Å². The molecule has 0 aliphatic heterocycles. The van der Waals surface area contributed by atoms with Crippen molar-refractivity contribution in [2.45, 2.75) is 49.2 Å². The van der Waals surface area contributed by atoms with E-state index in [1.54, 1.807) is 30.3 Å². The summed E-state index contributed by atoms with van der Waals surface area (Å²) in [4.78, 5) is 17.2. The highest BCUT2D eigenvalue weighted by atomic mass is 35.5. The number of carbonyl (C=O) groups is 1. The Balaban J connectivity index is 1.82. The molecule has 2 aromatic carbocycles. The maximum absolute atomic E-state index is 14.7. The number of aromatic nitrogens is 1. The van der Waals surface area contributed by atoms with E-state index in [0.29, 0.717) is 24.5 Å². The zero-order valence-electron chi connectivity index (χ0n) is 20.0. The van der Waals surface area contributed by atoms with Crippen molar-refractivity contribution in [3.63, 3.8) is 0 Å². The van der Waals surface area contributed by atoms with Gasteiger partial charge in [0.15, 0.2) is 0 Å². The third-order valence-electron chi connectivity index (χ3n) is 6.73. The van der Waals surface area contributed by atoms with Crippen LogP contribution < -0.4 is 10.6 Å². The zero-order chi connectivity index (χ0) is 27.6. The molecule has 202 valence electrons. The van der Waals surface area contributed by atoms with Gasteiger partial charge >= 0.3 is 12.2 Å². The number of nitrogens with zero attached hydrogens (tertiary/aromatic N) is 1. The fraction of sp³-hybridized carbons (Fsp3) is 0.333. The quantitative estimate of drug-likeness (QED) is 0.319. The Bertz CT molecular complexity index is 1270. The predicted molar refractivity (Wildman–Crippen MR) is 131 cm³/mol. The number of pyridine rings is 1. The van der Waals surface area contributed by atoms with Gasteiger partial charge in [-0.3, -0.25) is 4.98 Å². The zero-order valence-corrected chi connectivity index (χ0v) is 20.7. The number of benzene rings is 2. The lowest BCUT2D eigenvalue weighted by Crippen LogP contribution is -2.54. The number of nitrogens with one attached hydrogen (secondary N) is 2. The second kappa shape index (κ2) is 10.8. The molecular weight excluding hydrogens is 532 g/mol. The van der Waals surface area contributed by atoms with Gasteiger partial charge in [-0.05, 0) is 54.3 Å². The van der Waals surface area contributed by atoms with Crippen molar-refractivity contribution in [2.24, 2.45) is 0 Å². The second-order valence-electron chi connectivity index (χ2n) is 9.25. The highest BCUT2D eigenvalue weighted by molar-refractivity contribution is 6.30. The summed E-state index contributed by atoms with van der Waals surface area (Å²) in [5.41, 5.74) is -2.46. The van der Waals surface area contributed by atoms with E-state index < -0.39 is 47.5 Å². The van der Waals surface area contributed by atoms with Crippen LogP contribution in [-0.2, 0) is 11.6 Å². The van der Waals surface area contributed by atoms with E-state index >= 15 is 0 Å². The topological polar surface area (TPSA) is 54.0 Å². The first-order chi connectivity index (χ1) is 17.9. The molecule has 11 heteroatoms. The summed E-state index contributed by atoms with van der Waals surface area (Å²) in [5.74, 6) is -4.23. The van der Waals surface area contributed by atoms with Crippen LogP contribution in [-0.4, -0.2) is 29.5 Å². The molecule has 1 saturated carbocycles. The Labute approximate surface area is 220 Å². The minimum Gasteiger partial charge on any atom is -0.337 e. The number of rotatable bonds is 6. The van der Waals surface area contributed by atoms with Crippen LogP contribution in [0.3, 0.4) is 0 Å². The molecule has 1 heterocycles. The molecule has 2 atom stereocenters. The lowest BCUT2D eigenvalue weighted by molar-refractivity contribution is -0.137. The van der Waals surface area contributed by atoms with E-state index in [-0.39, 0.29) is 29.1 Å². The van der Waals surface area contributed by atoms with Gasteiger partial charge in [0.25, 0.3) is 5.92 Å². The molecule has 1 aliphatic carbocycles. The van der Waals surface area contributed by atoms with E-state index in [1.165, 1.54) is 18.3 Å². The monoisotopic (exact) mass is 555 g/mol. The van der Waals surface area contributed by atoms with E-state index in [9.17, 15) is 31.1 Å². The molecule has 0 spiro atoms. The van der Waals surface area contributed by atoms with Crippen LogP contribution in [0.25, 0.3) is 0 Å². The number of carbonyl (C=O) groups excluding carboxylic acids is 1. The van der Waals surface area contributed by atoms with Crippen LogP contribution in [0.2, 0.25) is 5.02 Å². The molecule has 2 unspecified atom stereocenters. The Morgan fingerprint density at radius 1 is 1.00 bits per heavy atom. The fourth-order valence-corrected chi connectivity index (χ4v) is 4.91. The van der Waals surface area contributed by atoms with Gasteiger partial charge in [0.05, 0.1) is 27.7 Å². The largest absolute Gasteiger partial charge is 0.416 e. The van der Waals surface area contributed by atoms with Crippen molar-refractivity contribution in [1.82, 2.24) is 15.6 Å². The molecule has 1 fully saturated rings. The second-order valence-corrected chi connectivity index (χ2v) is 9.68. The molecule has 2 N–H and O–H groups in total. The van der Waals surface area contributed by atoms with Crippen molar-refractivity contribution in [3.8, 4) is 0 Å². The van der Waals surface area contributed by atoms with Gasteiger partial charge in [0.2, 0.25) is 0 Å². The Morgan fingerprint density at radius 2 is 1.71 bits per heavy atom. The van der Waals surface area contributed by atoms with Crippen LogP contribution in [0.4, 0.5) is 31.1 Å². The van der Waals surface area contributed by atoms with E-state index in [1.807, 2.05) is 0 Å². The van der Waals surface area contributed by atoms with Crippen LogP contribution in [0, 0.1) is 5.82 Å². The first-order valence-electron chi connectivity index (χ1n) is 11.9. The van der Waals surface area contributed by atoms with E-state index in [2.05, 4.69) is 15.6 Å². The van der Waals surface area contributed by atoms with Gasteiger partial charge in [0, 0.05) is 19.2 Å². The highest BCUT2D eigenvalue weighted by Gasteiger charge is 2.44. The van der Waals surface area contributed by atoms with E-state index in [0.717, 1.165) is 12.1 Å². The number of urea groups is 1. The van der Waals surface area contributed by atoms with Crippen LogP contribution in [0.15, 0.2) is 66.9 Å². The first-order valence-corrected chi connectivity index (χ1v) is 12.3.